The van der Waals surface area contributed by atoms with E-state index in [0.717, 1.165) is 25.7 Å². The second-order valence-corrected chi connectivity index (χ2v) is 8.43. The number of methoxy groups -OCH3 is 1. The van der Waals surface area contributed by atoms with Gasteiger partial charge in [0.2, 0.25) is 11.8 Å². The smallest absolute Gasteiger partial charge is 0.254 e. The van der Waals surface area contributed by atoms with Gasteiger partial charge < -0.3 is 25.6 Å². The minimum atomic E-state index is -0.617. The van der Waals surface area contributed by atoms with E-state index >= 15 is 0 Å². The van der Waals surface area contributed by atoms with Crippen molar-refractivity contribution in [1.29, 1.82) is 0 Å². The van der Waals surface area contributed by atoms with E-state index in [1.54, 1.807) is 36.3 Å². The van der Waals surface area contributed by atoms with Crippen molar-refractivity contribution < 1.29 is 19.1 Å². The van der Waals surface area contributed by atoms with Crippen LogP contribution in [0.1, 0.15) is 42.5 Å². The van der Waals surface area contributed by atoms with Gasteiger partial charge in [0.15, 0.2) is 0 Å². The Hall–Kier alpha value is -2.61. The molecule has 1 heterocycles. The fourth-order valence-corrected chi connectivity index (χ4v) is 4.28. The van der Waals surface area contributed by atoms with Gasteiger partial charge in [0.05, 0.1) is 13.2 Å². The molecule has 4 rings (SSSR count). The van der Waals surface area contributed by atoms with E-state index in [1.165, 1.54) is 0 Å². The van der Waals surface area contributed by atoms with E-state index < -0.39 is 6.04 Å². The Balaban J connectivity index is 1.57. The standard InChI is InChI=1S/C22H30N4O4/c1-30-18-4-2-3-15(11-18)21(28)25-13-17(12-19(25)20(27)24-10-9-23)26(16-7-8-16)22(29)14-5-6-14/h2-4,11,14,16-17,19H,5-10,12-13,23H2,1H3,(H,24,27). The molecule has 3 fully saturated rings. The largest absolute Gasteiger partial charge is 0.497 e. The van der Waals surface area contributed by atoms with Crippen LogP contribution in [0.15, 0.2) is 24.3 Å². The number of ether oxygens (including phenoxy) is 1. The highest BCUT2D eigenvalue weighted by Crippen LogP contribution is 2.39. The van der Waals surface area contributed by atoms with Gasteiger partial charge >= 0.3 is 0 Å². The third kappa shape index (κ3) is 4.28. The summed E-state index contributed by atoms with van der Waals surface area (Å²) >= 11 is 0. The number of hydrogen-bond donors (Lipinski definition) is 2. The Morgan fingerprint density at radius 3 is 2.60 bits per heavy atom. The number of rotatable bonds is 8. The van der Waals surface area contributed by atoms with Crippen LogP contribution in [0.3, 0.4) is 0 Å². The molecule has 2 aliphatic carbocycles. The van der Waals surface area contributed by atoms with Crippen molar-refractivity contribution >= 4 is 17.7 Å². The molecule has 2 unspecified atom stereocenters. The van der Waals surface area contributed by atoms with E-state index in [9.17, 15) is 14.4 Å². The molecular formula is C22H30N4O4. The molecule has 2 saturated carbocycles. The first-order valence-corrected chi connectivity index (χ1v) is 10.8. The minimum Gasteiger partial charge on any atom is -0.497 e. The van der Waals surface area contributed by atoms with Gasteiger partial charge in [-0.15, -0.1) is 0 Å². The lowest BCUT2D eigenvalue weighted by molar-refractivity contribution is -0.135. The second kappa shape index (κ2) is 8.63. The minimum absolute atomic E-state index is 0.123. The fraction of sp³-hybridized carbons (Fsp3) is 0.591. The monoisotopic (exact) mass is 414 g/mol. The van der Waals surface area contributed by atoms with Gasteiger partial charge in [0.1, 0.15) is 11.8 Å². The van der Waals surface area contributed by atoms with Crippen molar-refractivity contribution in [2.75, 3.05) is 26.7 Å². The number of likely N-dealkylation sites (tertiary alicyclic amines) is 1. The molecule has 1 aromatic rings. The SMILES string of the molecule is COc1cccc(C(=O)N2CC(N(C(=O)C3CC3)C3CC3)CC2C(=O)NCCN)c1. The van der Waals surface area contributed by atoms with Crippen LogP contribution >= 0.6 is 0 Å². The molecule has 3 amide bonds. The highest BCUT2D eigenvalue weighted by Gasteiger charge is 2.49. The van der Waals surface area contributed by atoms with E-state index in [0.29, 0.717) is 37.4 Å². The van der Waals surface area contributed by atoms with Gasteiger partial charge in [-0.3, -0.25) is 14.4 Å². The molecule has 1 saturated heterocycles. The zero-order valence-electron chi connectivity index (χ0n) is 17.4. The first-order chi connectivity index (χ1) is 14.5. The van der Waals surface area contributed by atoms with Crippen molar-refractivity contribution in [1.82, 2.24) is 15.1 Å². The summed E-state index contributed by atoms with van der Waals surface area (Å²) in [4.78, 5) is 42.7. The average molecular weight is 415 g/mol. The molecule has 1 aromatic carbocycles. The summed E-state index contributed by atoms with van der Waals surface area (Å²) in [7, 11) is 1.55. The Kier molecular flexibility index (Phi) is 5.94. The Morgan fingerprint density at radius 1 is 1.20 bits per heavy atom. The first kappa shape index (κ1) is 20.7. The van der Waals surface area contributed by atoms with Crippen LogP contribution in [0.2, 0.25) is 0 Å². The Bertz CT molecular complexity index is 821. The van der Waals surface area contributed by atoms with Crippen LogP contribution < -0.4 is 15.8 Å². The van der Waals surface area contributed by atoms with Crippen LogP contribution in [0.4, 0.5) is 0 Å². The molecule has 0 spiro atoms. The number of amides is 3. The number of nitrogens with two attached hydrogens (primary N) is 1. The van der Waals surface area contributed by atoms with Crippen molar-refractivity contribution in [2.24, 2.45) is 11.7 Å². The summed E-state index contributed by atoms with van der Waals surface area (Å²) < 4.78 is 5.24. The van der Waals surface area contributed by atoms with Crippen LogP contribution in [0.5, 0.6) is 5.75 Å². The lowest BCUT2D eigenvalue weighted by Gasteiger charge is -2.29. The summed E-state index contributed by atoms with van der Waals surface area (Å²) in [6, 6.07) is 6.44. The highest BCUT2D eigenvalue weighted by molar-refractivity contribution is 5.98. The summed E-state index contributed by atoms with van der Waals surface area (Å²) in [5.74, 6) is 0.467. The van der Waals surface area contributed by atoms with Crippen LogP contribution in [0, 0.1) is 5.92 Å². The molecule has 3 aliphatic rings. The van der Waals surface area contributed by atoms with E-state index in [2.05, 4.69) is 5.32 Å². The maximum atomic E-state index is 13.3. The van der Waals surface area contributed by atoms with Crippen molar-refractivity contribution in [3.05, 3.63) is 29.8 Å². The summed E-state index contributed by atoms with van der Waals surface area (Å²) in [6.07, 6.45) is 4.36. The molecule has 162 valence electrons. The normalized spacial score (nSPS) is 23.2. The molecule has 8 heteroatoms. The maximum Gasteiger partial charge on any atom is 0.254 e. The van der Waals surface area contributed by atoms with Crippen LogP contribution in [0.25, 0.3) is 0 Å². The molecule has 2 atom stereocenters. The number of nitrogens with one attached hydrogen (secondary N) is 1. The average Bonchev–Trinajstić information content (AvgIpc) is 3.69. The molecular weight excluding hydrogens is 384 g/mol. The molecule has 0 aromatic heterocycles. The molecule has 0 radical (unpaired) electrons. The molecule has 30 heavy (non-hydrogen) atoms. The maximum absolute atomic E-state index is 13.3. The van der Waals surface area contributed by atoms with Crippen molar-refractivity contribution in [2.45, 2.75) is 50.2 Å². The fourth-order valence-electron chi connectivity index (χ4n) is 4.28. The second-order valence-electron chi connectivity index (χ2n) is 8.43. The van der Waals surface area contributed by atoms with Crippen molar-refractivity contribution in [3.63, 3.8) is 0 Å². The number of benzene rings is 1. The number of hydrogen-bond acceptors (Lipinski definition) is 5. The van der Waals surface area contributed by atoms with Gasteiger partial charge in [-0.05, 0) is 50.3 Å². The van der Waals surface area contributed by atoms with E-state index in [4.69, 9.17) is 10.5 Å². The van der Waals surface area contributed by atoms with Gasteiger partial charge in [-0.25, -0.2) is 0 Å². The van der Waals surface area contributed by atoms with Crippen LogP contribution in [-0.2, 0) is 9.59 Å². The lowest BCUT2D eigenvalue weighted by atomic mass is 10.1. The quantitative estimate of drug-likeness (QED) is 0.653. The van der Waals surface area contributed by atoms with E-state index in [-0.39, 0.29) is 35.7 Å². The van der Waals surface area contributed by atoms with E-state index in [1.807, 2.05) is 4.90 Å². The number of carbonyl (C=O) groups is 3. The van der Waals surface area contributed by atoms with Crippen LogP contribution in [-0.4, -0.2) is 72.4 Å². The summed E-state index contributed by atoms with van der Waals surface area (Å²) in [6.45, 7) is 1.06. The summed E-state index contributed by atoms with van der Waals surface area (Å²) in [5, 5.41) is 2.82. The first-order valence-electron chi connectivity index (χ1n) is 10.8. The highest BCUT2D eigenvalue weighted by atomic mass is 16.5. The van der Waals surface area contributed by atoms with Gasteiger partial charge in [0, 0.05) is 37.2 Å². The third-order valence-corrected chi connectivity index (χ3v) is 6.12. The predicted octanol–water partition coefficient (Wildman–Crippen LogP) is 0.754. The molecule has 0 bridgehead atoms. The lowest BCUT2D eigenvalue weighted by Crippen LogP contribution is -2.47. The Morgan fingerprint density at radius 2 is 1.97 bits per heavy atom. The molecule has 1 aliphatic heterocycles. The third-order valence-electron chi connectivity index (χ3n) is 6.12. The van der Waals surface area contributed by atoms with Gasteiger partial charge in [0.25, 0.3) is 5.91 Å². The van der Waals surface area contributed by atoms with Crippen molar-refractivity contribution in [3.8, 4) is 5.75 Å². The number of carbonyl (C=O) groups excluding carboxylic acids is 3. The zero-order chi connectivity index (χ0) is 21.3. The topological polar surface area (TPSA) is 105 Å². The summed E-state index contributed by atoms with van der Waals surface area (Å²) in [5.41, 5.74) is 6.00. The molecule has 8 nitrogen and oxygen atoms in total. The number of nitrogens with zero attached hydrogens (tertiary/aromatic N) is 2. The molecule has 3 N–H and O–H groups in total. The Labute approximate surface area is 176 Å². The van der Waals surface area contributed by atoms with Gasteiger partial charge in [-0.2, -0.15) is 0 Å². The predicted molar refractivity (Wildman–Crippen MR) is 111 cm³/mol. The zero-order valence-corrected chi connectivity index (χ0v) is 17.4. The van der Waals surface area contributed by atoms with Gasteiger partial charge in [-0.1, -0.05) is 6.07 Å².